The number of nitrogens with two attached hydrogens (primary N) is 1. The maximum atomic E-state index is 9.51. The summed E-state index contributed by atoms with van der Waals surface area (Å²) >= 11 is 0. The molecule has 1 aromatic rings. The summed E-state index contributed by atoms with van der Waals surface area (Å²) in [6.45, 7) is 1.81. The van der Waals surface area contributed by atoms with Crippen LogP contribution in [-0.2, 0) is 5.72 Å². The van der Waals surface area contributed by atoms with Gasteiger partial charge in [0.15, 0.2) is 5.72 Å². The summed E-state index contributed by atoms with van der Waals surface area (Å²) in [7, 11) is 0. The molecule has 0 aliphatic heterocycles. The Hall–Kier alpha value is -0.930. The van der Waals surface area contributed by atoms with Crippen molar-refractivity contribution in [2.75, 3.05) is 0 Å². The number of hydrogen-bond donors (Lipinski definition) is 2. The Morgan fingerprint density at radius 1 is 1.64 bits per heavy atom. The number of nitrogens with zero attached hydrogens (tertiary/aromatic N) is 1. The Morgan fingerprint density at radius 2 is 2.36 bits per heavy atom. The molecule has 11 heavy (non-hydrogen) atoms. The lowest BCUT2D eigenvalue weighted by Crippen LogP contribution is -2.36. The summed E-state index contributed by atoms with van der Waals surface area (Å²) in [5.41, 5.74) is 4.77. The highest BCUT2D eigenvalue weighted by molar-refractivity contribution is 5.10. The van der Waals surface area contributed by atoms with Gasteiger partial charge in [-0.2, -0.15) is 0 Å². The highest BCUT2D eigenvalue weighted by atomic mass is 16.3. The summed E-state index contributed by atoms with van der Waals surface area (Å²) in [5, 5.41) is 9.51. The van der Waals surface area contributed by atoms with E-state index in [1.807, 2.05) is 6.92 Å². The molecule has 0 radical (unpaired) electrons. The number of hydrogen-bond acceptors (Lipinski definition) is 3. The largest absolute Gasteiger partial charge is 0.370 e. The standard InChI is InChI=1S/C8H12N2O/c1-2-8(9,11)7-5-3-4-6-10-7/h3-6,11H,2,9H2,1H3. The average molecular weight is 152 g/mol. The molecule has 1 unspecified atom stereocenters. The molecule has 0 aliphatic rings. The lowest BCUT2D eigenvalue weighted by Gasteiger charge is -2.19. The molecule has 0 bridgehead atoms. The number of rotatable bonds is 2. The Balaban J connectivity index is 2.93. The van der Waals surface area contributed by atoms with Gasteiger partial charge in [0.05, 0.1) is 5.69 Å². The van der Waals surface area contributed by atoms with Crippen molar-refractivity contribution in [2.24, 2.45) is 5.73 Å². The smallest absolute Gasteiger partial charge is 0.156 e. The summed E-state index contributed by atoms with van der Waals surface area (Å²) < 4.78 is 0. The molecular formula is C8H12N2O. The summed E-state index contributed by atoms with van der Waals surface area (Å²) in [5.74, 6) is 0. The number of aliphatic hydroxyl groups is 1. The van der Waals surface area contributed by atoms with Crippen molar-refractivity contribution in [3.8, 4) is 0 Å². The molecule has 1 atom stereocenters. The molecule has 0 fully saturated rings. The lowest BCUT2D eigenvalue weighted by atomic mass is 10.1. The molecule has 3 nitrogen and oxygen atoms in total. The van der Waals surface area contributed by atoms with E-state index in [9.17, 15) is 5.11 Å². The minimum atomic E-state index is -1.28. The van der Waals surface area contributed by atoms with Crippen molar-refractivity contribution in [3.63, 3.8) is 0 Å². The van der Waals surface area contributed by atoms with Crippen LogP contribution >= 0.6 is 0 Å². The number of pyridine rings is 1. The van der Waals surface area contributed by atoms with Gasteiger partial charge in [-0.1, -0.05) is 13.0 Å². The van der Waals surface area contributed by atoms with Gasteiger partial charge in [-0.25, -0.2) is 0 Å². The van der Waals surface area contributed by atoms with Crippen LogP contribution in [0.5, 0.6) is 0 Å². The topological polar surface area (TPSA) is 59.1 Å². The monoisotopic (exact) mass is 152 g/mol. The number of aromatic nitrogens is 1. The van der Waals surface area contributed by atoms with Crippen LogP contribution in [0.1, 0.15) is 19.0 Å². The van der Waals surface area contributed by atoms with Crippen LogP contribution < -0.4 is 5.73 Å². The molecule has 1 heterocycles. The molecule has 0 saturated heterocycles. The summed E-state index contributed by atoms with van der Waals surface area (Å²) in [6, 6.07) is 5.30. The third kappa shape index (κ3) is 1.76. The predicted octanol–water partition coefficient (Wildman–Crippen LogP) is 0.595. The van der Waals surface area contributed by atoms with E-state index < -0.39 is 5.72 Å². The lowest BCUT2D eigenvalue weighted by molar-refractivity contribution is 0.0350. The van der Waals surface area contributed by atoms with E-state index in [0.717, 1.165) is 0 Å². The zero-order chi connectivity index (χ0) is 8.32. The van der Waals surface area contributed by atoms with E-state index in [2.05, 4.69) is 4.98 Å². The van der Waals surface area contributed by atoms with Crippen LogP contribution in [0.25, 0.3) is 0 Å². The molecule has 3 heteroatoms. The van der Waals surface area contributed by atoms with Crippen molar-refractivity contribution in [2.45, 2.75) is 19.1 Å². The summed E-state index contributed by atoms with van der Waals surface area (Å²) in [4.78, 5) is 3.95. The first-order chi connectivity index (χ1) is 5.17. The van der Waals surface area contributed by atoms with Gasteiger partial charge >= 0.3 is 0 Å². The molecule has 0 spiro atoms. The fraction of sp³-hybridized carbons (Fsp3) is 0.375. The predicted molar refractivity (Wildman–Crippen MR) is 42.6 cm³/mol. The molecule has 0 aliphatic carbocycles. The van der Waals surface area contributed by atoms with E-state index in [1.165, 1.54) is 0 Å². The maximum Gasteiger partial charge on any atom is 0.156 e. The van der Waals surface area contributed by atoms with Crippen LogP contribution in [0.2, 0.25) is 0 Å². The first-order valence-electron chi connectivity index (χ1n) is 3.59. The highest BCUT2D eigenvalue weighted by Gasteiger charge is 2.21. The van der Waals surface area contributed by atoms with Crippen molar-refractivity contribution >= 4 is 0 Å². The normalized spacial score (nSPS) is 15.9. The van der Waals surface area contributed by atoms with Gasteiger partial charge in [0.2, 0.25) is 0 Å². The van der Waals surface area contributed by atoms with E-state index in [-0.39, 0.29) is 0 Å². The van der Waals surface area contributed by atoms with Gasteiger partial charge in [0, 0.05) is 6.20 Å². The van der Waals surface area contributed by atoms with Crippen molar-refractivity contribution in [1.82, 2.24) is 4.98 Å². The molecule has 1 rings (SSSR count). The minimum Gasteiger partial charge on any atom is -0.370 e. The van der Waals surface area contributed by atoms with Gasteiger partial charge in [-0.15, -0.1) is 0 Å². The Labute approximate surface area is 65.9 Å². The second-order valence-corrected chi connectivity index (χ2v) is 2.49. The van der Waals surface area contributed by atoms with E-state index >= 15 is 0 Å². The molecule has 60 valence electrons. The third-order valence-corrected chi connectivity index (χ3v) is 1.65. The van der Waals surface area contributed by atoms with Crippen LogP contribution in [0.3, 0.4) is 0 Å². The summed E-state index contributed by atoms with van der Waals surface area (Å²) in [6.07, 6.45) is 2.08. The van der Waals surface area contributed by atoms with E-state index in [4.69, 9.17) is 5.73 Å². The first-order valence-corrected chi connectivity index (χ1v) is 3.59. The van der Waals surface area contributed by atoms with Crippen molar-refractivity contribution in [1.29, 1.82) is 0 Å². The fourth-order valence-electron chi connectivity index (χ4n) is 0.800. The second kappa shape index (κ2) is 2.98. The second-order valence-electron chi connectivity index (χ2n) is 2.49. The van der Waals surface area contributed by atoms with Crippen LogP contribution in [-0.4, -0.2) is 10.1 Å². The van der Waals surface area contributed by atoms with Crippen molar-refractivity contribution < 1.29 is 5.11 Å². The molecule has 0 saturated carbocycles. The van der Waals surface area contributed by atoms with Gasteiger partial charge in [-0.3, -0.25) is 10.7 Å². The van der Waals surface area contributed by atoms with Crippen molar-refractivity contribution in [3.05, 3.63) is 30.1 Å². The van der Waals surface area contributed by atoms with Crippen LogP contribution in [0.4, 0.5) is 0 Å². The van der Waals surface area contributed by atoms with Gasteiger partial charge < -0.3 is 5.11 Å². The average Bonchev–Trinajstić information content (AvgIpc) is 2.06. The third-order valence-electron chi connectivity index (χ3n) is 1.65. The van der Waals surface area contributed by atoms with Gasteiger partial charge in [-0.05, 0) is 18.6 Å². The van der Waals surface area contributed by atoms with E-state index in [0.29, 0.717) is 12.1 Å². The first kappa shape index (κ1) is 8.17. The Morgan fingerprint density at radius 3 is 2.82 bits per heavy atom. The molecule has 0 aromatic carbocycles. The Bertz CT molecular complexity index is 221. The zero-order valence-electron chi connectivity index (χ0n) is 6.49. The van der Waals surface area contributed by atoms with Gasteiger partial charge in [0.1, 0.15) is 0 Å². The zero-order valence-corrected chi connectivity index (χ0v) is 6.49. The molecule has 1 aromatic heterocycles. The van der Waals surface area contributed by atoms with Crippen LogP contribution in [0.15, 0.2) is 24.4 Å². The molecular weight excluding hydrogens is 140 g/mol. The maximum absolute atomic E-state index is 9.51. The SMILES string of the molecule is CCC(N)(O)c1ccccn1. The fourth-order valence-corrected chi connectivity index (χ4v) is 0.800. The molecule has 0 amide bonds. The minimum absolute atomic E-state index is 0.462. The highest BCUT2D eigenvalue weighted by Crippen LogP contribution is 2.14. The van der Waals surface area contributed by atoms with Crippen LogP contribution in [0, 0.1) is 0 Å². The molecule has 3 N–H and O–H groups in total. The Kier molecular flexibility index (Phi) is 2.22. The van der Waals surface area contributed by atoms with Gasteiger partial charge in [0.25, 0.3) is 0 Å². The quantitative estimate of drug-likeness (QED) is 0.610. The van der Waals surface area contributed by atoms with E-state index in [1.54, 1.807) is 24.4 Å².